The van der Waals surface area contributed by atoms with E-state index in [1.165, 1.54) is 6.20 Å². The van der Waals surface area contributed by atoms with Gasteiger partial charge in [-0.3, -0.25) is 4.98 Å². The van der Waals surface area contributed by atoms with Crippen LogP contribution in [0.1, 0.15) is 0 Å². The fraction of sp³-hybridized carbons (Fsp3) is 0. The van der Waals surface area contributed by atoms with Gasteiger partial charge in [0.15, 0.2) is 17.5 Å². The second-order valence-electron chi connectivity index (χ2n) is 3.12. The Hall–Kier alpha value is -1.36. The third-order valence-corrected chi connectivity index (χ3v) is 2.48. The van der Waals surface area contributed by atoms with E-state index in [4.69, 9.17) is 0 Å². The van der Waals surface area contributed by atoms with Crippen LogP contribution in [0.4, 0.5) is 13.2 Å². The number of rotatable bonds is 1. The number of hydrogen-bond donors (Lipinski definition) is 0. The smallest absolute Gasteiger partial charge is 0.194 e. The quantitative estimate of drug-likeness (QED) is 0.724. The number of hydrogen-bond acceptors (Lipinski definition) is 1. The van der Waals surface area contributed by atoms with Gasteiger partial charge in [-0.1, -0.05) is 0 Å². The summed E-state index contributed by atoms with van der Waals surface area (Å²) in [6, 6.07) is 5.08. The third-order valence-electron chi connectivity index (χ3n) is 2.01. The predicted molar refractivity (Wildman–Crippen MR) is 57.2 cm³/mol. The molecule has 0 aliphatic carbocycles. The van der Waals surface area contributed by atoms with Crippen LogP contribution < -0.4 is 0 Å². The molecule has 16 heavy (non-hydrogen) atoms. The zero-order valence-electron chi connectivity index (χ0n) is 7.85. The van der Waals surface area contributed by atoms with Crippen LogP contribution >= 0.6 is 15.9 Å². The first-order valence-corrected chi connectivity index (χ1v) is 5.13. The number of nitrogens with zero attached hydrogens (tertiary/aromatic N) is 1. The van der Waals surface area contributed by atoms with Gasteiger partial charge in [-0.05, 0) is 40.2 Å². The summed E-state index contributed by atoms with van der Waals surface area (Å²) in [5.74, 6) is -3.92. The normalized spacial score (nSPS) is 10.5. The van der Waals surface area contributed by atoms with Gasteiger partial charge in [-0.25, -0.2) is 13.2 Å². The Morgan fingerprint density at radius 1 is 1.00 bits per heavy atom. The fourth-order valence-electron chi connectivity index (χ4n) is 1.25. The average Bonchev–Trinajstić information content (AvgIpc) is 2.26. The molecule has 0 spiro atoms. The van der Waals surface area contributed by atoms with E-state index in [2.05, 4.69) is 20.9 Å². The van der Waals surface area contributed by atoms with Gasteiger partial charge in [0.2, 0.25) is 0 Å². The summed E-state index contributed by atoms with van der Waals surface area (Å²) >= 11 is 3.19. The number of pyridine rings is 1. The molecular weight excluding hydrogens is 283 g/mol. The molecule has 0 amide bonds. The zero-order valence-corrected chi connectivity index (χ0v) is 9.43. The zero-order chi connectivity index (χ0) is 11.7. The molecule has 0 saturated heterocycles. The SMILES string of the molecule is Fc1cc(-c2ccc(Br)cn2)cc(F)c1F. The maximum Gasteiger partial charge on any atom is 0.194 e. The van der Waals surface area contributed by atoms with Gasteiger partial charge in [0.1, 0.15) is 0 Å². The molecule has 0 bridgehead atoms. The molecule has 1 nitrogen and oxygen atoms in total. The topological polar surface area (TPSA) is 12.9 Å². The highest BCUT2D eigenvalue weighted by atomic mass is 79.9. The molecular formula is C11H5BrF3N. The molecule has 1 aromatic heterocycles. The van der Waals surface area contributed by atoms with Crippen molar-refractivity contribution in [3.8, 4) is 11.3 Å². The van der Waals surface area contributed by atoms with Gasteiger partial charge in [-0.2, -0.15) is 0 Å². The summed E-state index contributed by atoms with van der Waals surface area (Å²) in [6.45, 7) is 0. The first-order chi connectivity index (χ1) is 7.58. The van der Waals surface area contributed by atoms with E-state index in [1.807, 2.05) is 0 Å². The minimum absolute atomic E-state index is 0.198. The van der Waals surface area contributed by atoms with Gasteiger partial charge in [0, 0.05) is 16.2 Å². The third kappa shape index (κ3) is 2.09. The number of halogens is 4. The van der Waals surface area contributed by atoms with E-state index >= 15 is 0 Å². The molecule has 0 fully saturated rings. The van der Waals surface area contributed by atoms with Crippen LogP contribution in [0.15, 0.2) is 34.9 Å². The maximum absolute atomic E-state index is 13.0. The first-order valence-electron chi connectivity index (χ1n) is 4.34. The number of aromatic nitrogens is 1. The van der Waals surface area contributed by atoms with E-state index in [-0.39, 0.29) is 5.56 Å². The summed E-state index contributed by atoms with van der Waals surface area (Å²) < 4.78 is 39.4. The Morgan fingerprint density at radius 2 is 1.62 bits per heavy atom. The minimum Gasteiger partial charge on any atom is -0.255 e. The van der Waals surface area contributed by atoms with E-state index in [9.17, 15) is 13.2 Å². The van der Waals surface area contributed by atoms with Gasteiger partial charge in [0.25, 0.3) is 0 Å². The lowest BCUT2D eigenvalue weighted by molar-refractivity contribution is 0.447. The molecule has 82 valence electrons. The highest BCUT2D eigenvalue weighted by Crippen LogP contribution is 2.22. The van der Waals surface area contributed by atoms with Crippen molar-refractivity contribution in [2.75, 3.05) is 0 Å². The Morgan fingerprint density at radius 3 is 2.12 bits per heavy atom. The van der Waals surface area contributed by atoms with E-state index in [1.54, 1.807) is 12.1 Å². The van der Waals surface area contributed by atoms with E-state index in [0.717, 1.165) is 16.6 Å². The molecule has 0 atom stereocenters. The molecule has 0 aliphatic rings. The predicted octanol–water partition coefficient (Wildman–Crippen LogP) is 3.93. The lowest BCUT2D eigenvalue weighted by atomic mass is 10.1. The standard InChI is InChI=1S/C11H5BrF3N/c12-7-1-2-10(16-5-7)6-3-8(13)11(15)9(14)4-6/h1-5H. The molecule has 1 aromatic carbocycles. The lowest BCUT2D eigenvalue weighted by Gasteiger charge is -2.02. The van der Waals surface area contributed by atoms with Crippen molar-refractivity contribution in [1.29, 1.82) is 0 Å². The van der Waals surface area contributed by atoms with Crippen LogP contribution in [0.3, 0.4) is 0 Å². The van der Waals surface area contributed by atoms with Gasteiger partial charge < -0.3 is 0 Å². The maximum atomic E-state index is 13.0. The van der Waals surface area contributed by atoms with Crippen LogP contribution in [-0.4, -0.2) is 4.98 Å². The highest BCUT2D eigenvalue weighted by molar-refractivity contribution is 9.10. The van der Waals surface area contributed by atoms with Crippen LogP contribution in [0.2, 0.25) is 0 Å². The van der Waals surface area contributed by atoms with Gasteiger partial charge in [-0.15, -0.1) is 0 Å². The number of benzene rings is 1. The molecule has 1 heterocycles. The van der Waals surface area contributed by atoms with Crippen LogP contribution in [-0.2, 0) is 0 Å². The molecule has 0 unspecified atom stereocenters. The molecule has 0 aliphatic heterocycles. The van der Waals surface area contributed by atoms with Crippen molar-refractivity contribution in [3.63, 3.8) is 0 Å². The largest absolute Gasteiger partial charge is 0.255 e. The average molecular weight is 288 g/mol. The Balaban J connectivity index is 2.52. The summed E-state index contributed by atoms with van der Waals surface area (Å²) in [4.78, 5) is 3.96. The summed E-state index contributed by atoms with van der Waals surface area (Å²) in [5.41, 5.74) is 0.574. The van der Waals surface area contributed by atoms with Crippen molar-refractivity contribution in [2.45, 2.75) is 0 Å². The van der Waals surface area contributed by atoms with Crippen molar-refractivity contribution >= 4 is 15.9 Å². The molecule has 5 heteroatoms. The molecule has 0 radical (unpaired) electrons. The van der Waals surface area contributed by atoms with Crippen LogP contribution in [0, 0.1) is 17.5 Å². The van der Waals surface area contributed by atoms with Crippen molar-refractivity contribution in [2.24, 2.45) is 0 Å². The monoisotopic (exact) mass is 287 g/mol. The Kier molecular flexibility index (Phi) is 2.96. The van der Waals surface area contributed by atoms with Gasteiger partial charge in [0.05, 0.1) is 5.69 Å². The van der Waals surface area contributed by atoms with Crippen LogP contribution in [0.5, 0.6) is 0 Å². The van der Waals surface area contributed by atoms with Crippen molar-refractivity contribution in [1.82, 2.24) is 4.98 Å². The Bertz CT molecular complexity index is 502. The van der Waals surface area contributed by atoms with E-state index in [0.29, 0.717) is 5.69 Å². The van der Waals surface area contributed by atoms with Gasteiger partial charge >= 0.3 is 0 Å². The second kappa shape index (κ2) is 4.25. The van der Waals surface area contributed by atoms with Crippen molar-refractivity contribution < 1.29 is 13.2 Å². The second-order valence-corrected chi connectivity index (χ2v) is 4.03. The summed E-state index contributed by atoms with van der Waals surface area (Å²) in [6.07, 6.45) is 1.49. The summed E-state index contributed by atoms with van der Waals surface area (Å²) in [5, 5.41) is 0. The molecule has 0 saturated carbocycles. The van der Waals surface area contributed by atoms with Crippen molar-refractivity contribution in [3.05, 3.63) is 52.4 Å². The fourth-order valence-corrected chi connectivity index (χ4v) is 1.48. The molecule has 2 aromatic rings. The lowest BCUT2D eigenvalue weighted by Crippen LogP contribution is -1.92. The first kappa shape index (κ1) is 11.1. The van der Waals surface area contributed by atoms with Crippen LogP contribution in [0.25, 0.3) is 11.3 Å². The molecule has 0 N–H and O–H groups in total. The highest BCUT2D eigenvalue weighted by Gasteiger charge is 2.11. The Labute approximate surface area is 98.1 Å². The van der Waals surface area contributed by atoms with E-state index < -0.39 is 17.5 Å². The summed E-state index contributed by atoms with van der Waals surface area (Å²) in [7, 11) is 0. The minimum atomic E-state index is -1.47. The molecule has 2 rings (SSSR count).